The van der Waals surface area contributed by atoms with Crippen LogP contribution < -0.4 is 0 Å². The summed E-state index contributed by atoms with van der Waals surface area (Å²) in [6.45, 7) is 5.23. The summed E-state index contributed by atoms with van der Waals surface area (Å²) >= 11 is 0. The maximum atomic E-state index is 13.0. The van der Waals surface area contributed by atoms with Crippen LogP contribution in [0.3, 0.4) is 0 Å². The van der Waals surface area contributed by atoms with Gasteiger partial charge in [-0.15, -0.1) is 0 Å². The summed E-state index contributed by atoms with van der Waals surface area (Å²) < 4.78 is 5.39. The van der Waals surface area contributed by atoms with Crippen LogP contribution in [0.5, 0.6) is 0 Å². The highest BCUT2D eigenvalue weighted by atomic mass is 16.5. The van der Waals surface area contributed by atoms with E-state index < -0.39 is 0 Å². The molecule has 1 atom stereocenters. The van der Waals surface area contributed by atoms with Gasteiger partial charge in [0, 0.05) is 24.6 Å². The van der Waals surface area contributed by atoms with Crippen LogP contribution in [0, 0.1) is 0 Å². The van der Waals surface area contributed by atoms with Gasteiger partial charge in [-0.1, -0.05) is 72.4 Å². The number of hydrogen-bond donors (Lipinski definition) is 0. The average Bonchev–Trinajstić information content (AvgIpc) is 3.38. The molecule has 1 aromatic heterocycles. The summed E-state index contributed by atoms with van der Waals surface area (Å²) in [7, 11) is 0. The van der Waals surface area contributed by atoms with Gasteiger partial charge in [0.05, 0.1) is 6.20 Å². The maximum Gasteiger partial charge on any atom is 0.259 e. The van der Waals surface area contributed by atoms with Crippen molar-refractivity contribution in [3.63, 3.8) is 0 Å². The molecule has 1 unspecified atom stereocenters. The highest BCUT2D eigenvalue weighted by Gasteiger charge is 2.30. The van der Waals surface area contributed by atoms with Crippen molar-refractivity contribution in [1.82, 2.24) is 10.1 Å². The van der Waals surface area contributed by atoms with Gasteiger partial charge < -0.3 is 9.42 Å². The molecule has 1 aliphatic heterocycles. The van der Waals surface area contributed by atoms with E-state index in [4.69, 9.17) is 4.52 Å². The Kier molecular flexibility index (Phi) is 4.40. The number of aromatic nitrogens is 1. The predicted octanol–water partition coefficient (Wildman–Crippen LogP) is 4.61. The molecule has 1 amide bonds. The quantitative estimate of drug-likeness (QED) is 0.694. The molecule has 26 heavy (non-hydrogen) atoms. The Morgan fingerprint density at radius 2 is 1.92 bits per heavy atom. The molecule has 0 aliphatic carbocycles. The van der Waals surface area contributed by atoms with Crippen LogP contribution in [0.25, 0.3) is 17.4 Å². The first kappa shape index (κ1) is 16.3. The fourth-order valence-electron chi connectivity index (χ4n) is 3.48. The first-order chi connectivity index (χ1) is 12.8. The fraction of sp³-hybridized carbons (Fsp3) is 0.182. The van der Waals surface area contributed by atoms with E-state index in [9.17, 15) is 4.79 Å². The van der Waals surface area contributed by atoms with E-state index in [1.165, 1.54) is 11.8 Å². The third-order valence-electron chi connectivity index (χ3n) is 4.96. The second kappa shape index (κ2) is 7.00. The van der Waals surface area contributed by atoms with Crippen molar-refractivity contribution in [2.24, 2.45) is 0 Å². The van der Waals surface area contributed by atoms with E-state index in [-0.39, 0.29) is 5.91 Å². The molecule has 0 bridgehead atoms. The van der Waals surface area contributed by atoms with Crippen LogP contribution in [-0.2, 0) is 0 Å². The van der Waals surface area contributed by atoms with E-state index in [1.54, 1.807) is 6.08 Å². The molecule has 0 radical (unpaired) electrons. The molecular formula is C22H20N2O2. The number of benzene rings is 2. The SMILES string of the molecule is C=Cc1ccc(-c2oncc2C(=O)N2CCC(c3ccccc3)C2)cc1. The van der Waals surface area contributed by atoms with Gasteiger partial charge in [0.25, 0.3) is 5.91 Å². The molecule has 0 N–H and O–H groups in total. The lowest BCUT2D eigenvalue weighted by Gasteiger charge is -2.16. The van der Waals surface area contributed by atoms with Gasteiger partial charge in [-0.25, -0.2) is 0 Å². The Morgan fingerprint density at radius 1 is 1.15 bits per heavy atom. The number of hydrogen-bond acceptors (Lipinski definition) is 3. The van der Waals surface area contributed by atoms with Gasteiger partial charge in [0.15, 0.2) is 5.76 Å². The van der Waals surface area contributed by atoms with Gasteiger partial charge in [0.2, 0.25) is 0 Å². The van der Waals surface area contributed by atoms with Crippen LogP contribution in [0.4, 0.5) is 0 Å². The standard InChI is InChI=1S/C22H20N2O2/c1-2-16-8-10-18(11-9-16)21-20(14-23-26-21)22(25)24-13-12-19(15-24)17-6-4-3-5-7-17/h2-11,14,19H,1,12-13,15H2. The zero-order valence-corrected chi connectivity index (χ0v) is 14.5. The van der Waals surface area contributed by atoms with Crippen molar-refractivity contribution in [3.8, 4) is 11.3 Å². The Bertz CT molecular complexity index is 913. The lowest BCUT2D eigenvalue weighted by atomic mass is 9.99. The monoisotopic (exact) mass is 344 g/mol. The van der Waals surface area contributed by atoms with Gasteiger partial charge in [-0.3, -0.25) is 4.79 Å². The van der Waals surface area contributed by atoms with E-state index in [2.05, 4.69) is 23.9 Å². The Morgan fingerprint density at radius 3 is 2.65 bits per heavy atom. The summed E-state index contributed by atoms with van der Waals surface area (Å²) in [5, 5.41) is 3.87. The second-order valence-electron chi connectivity index (χ2n) is 6.54. The summed E-state index contributed by atoms with van der Waals surface area (Å²) in [4.78, 5) is 14.9. The maximum absolute atomic E-state index is 13.0. The smallest absolute Gasteiger partial charge is 0.259 e. The summed E-state index contributed by atoms with van der Waals surface area (Å²) in [6, 6.07) is 18.1. The van der Waals surface area contributed by atoms with Crippen molar-refractivity contribution in [3.05, 3.63) is 84.1 Å². The fourth-order valence-corrected chi connectivity index (χ4v) is 3.48. The summed E-state index contributed by atoms with van der Waals surface area (Å²) in [5.41, 5.74) is 3.67. The molecule has 1 aliphatic rings. The number of rotatable bonds is 4. The minimum absolute atomic E-state index is 0.0209. The van der Waals surface area contributed by atoms with Crippen molar-refractivity contribution >= 4 is 12.0 Å². The molecular weight excluding hydrogens is 324 g/mol. The normalized spacial score (nSPS) is 16.6. The molecule has 4 rings (SSSR count). The molecule has 3 aromatic rings. The number of carbonyl (C=O) groups is 1. The molecule has 0 spiro atoms. The van der Waals surface area contributed by atoms with E-state index in [0.29, 0.717) is 17.2 Å². The third kappa shape index (κ3) is 3.06. The molecule has 2 heterocycles. The lowest BCUT2D eigenvalue weighted by Crippen LogP contribution is -2.28. The lowest BCUT2D eigenvalue weighted by molar-refractivity contribution is 0.0791. The number of likely N-dealkylation sites (tertiary alicyclic amines) is 1. The topological polar surface area (TPSA) is 46.3 Å². The first-order valence-corrected chi connectivity index (χ1v) is 8.78. The minimum Gasteiger partial charge on any atom is -0.355 e. The molecule has 1 fully saturated rings. The van der Waals surface area contributed by atoms with Gasteiger partial charge in [-0.05, 0) is 17.5 Å². The van der Waals surface area contributed by atoms with E-state index in [0.717, 1.165) is 30.6 Å². The molecule has 4 heteroatoms. The highest BCUT2D eigenvalue weighted by molar-refractivity contribution is 5.99. The van der Waals surface area contributed by atoms with Gasteiger partial charge in [-0.2, -0.15) is 0 Å². The Labute approximate surface area is 152 Å². The second-order valence-corrected chi connectivity index (χ2v) is 6.54. The van der Waals surface area contributed by atoms with Crippen LogP contribution in [0.1, 0.15) is 33.8 Å². The van der Waals surface area contributed by atoms with Crippen molar-refractivity contribution in [2.75, 3.05) is 13.1 Å². The van der Waals surface area contributed by atoms with Crippen LogP contribution in [0.2, 0.25) is 0 Å². The average molecular weight is 344 g/mol. The molecule has 2 aromatic carbocycles. The predicted molar refractivity (Wildman–Crippen MR) is 102 cm³/mol. The van der Waals surface area contributed by atoms with E-state index in [1.807, 2.05) is 47.4 Å². The summed E-state index contributed by atoms with van der Waals surface area (Å²) in [6.07, 6.45) is 4.28. The van der Waals surface area contributed by atoms with E-state index >= 15 is 0 Å². The summed E-state index contributed by atoms with van der Waals surface area (Å²) in [5.74, 6) is 0.886. The minimum atomic E-state index is -0.0209. The zero-order valence-electron chi connectivity index (χ0n) is 14.5. The third-order valence-corrected chi connectivity index (χ3v) is 4.96. The highest BCUT2D eigenvalue weighted by Crippen LogP contribution is 2.30. The number of carbonyl (C=O) groups excluding carboxylic acids is 1. The number of nitrogens with zero attached hydrogens (tertiary/aromatic N) is 2. The molecule has 4 nitrogen and oxygen atoms in total. The Hall–Kier alpha value is -3.14. The first-order valence-electron chi connectivity index (χ1n) is 8.78. The largest absolute Gasteiger partial charge is 0.355 e. The molecule has 0 saturated carbocycles. The van der Waals surface area contributed by atoms with Crippen LogP contribution >= 0.6 is 0 Å². The van der Waals surface area contributed by atoms with Crippen LogP contribution in [-0.4, -0.2) is 29.1 Å². The van der Waals surface area contributed by atoms with Crippen molar-refractivity contribution < 1.29 is 9.32 Å². The van der Waals surface area contributed by atoms with Crippen LogP contribution in [0.15, 0.2) is 71.9 Å². The van der Waals surface area contributed by atoms with Crippen molar-refractivity contribution in [2.45, 2.75) is 12.3 Å². The number of amides is 1. The Balaban J connectivity index is 1.54. The van der Waals surface area contributed by atoms with Gasteiger partial charge >= 0.3 is 0 Å². The van der Waals surface area contributed by atoms with Gasteiger partial charge in [0.1, 0.15) is 5.56 Å². The molecule has 130 valence electrons. The van der Waals surface area contributed by atoms with Crippen molar-refractivity contribution in [1.29, 1.82) is 0 Å². The zero-order chi connectivity index (χ0) is 17.9. The molecule has 1 saturated heterocycles.